The van der Waals surface area contributed by atoms with Crippen molar-refractivity contribution in [2.75, 3.05) is 52.7 Å². The number of hydrogen-bond donors (Lipinski definition) is 1. The standard InChI is InChI=1S/C19H31N3O4S/c1-4-16-5-7-17(8-6-16)18(21(2)3)15-20-19(23)9-14-27(24,25)22-10-12-26-13-11-22/h5-8,18H,4,9-15H2,1-3H3,(H,20,23). The average Bonchev–Trinajstić information content (AvgIpc) is 2.67. The molecular weight excluding hydrogens is 366 g/mol. The molecule has 1 unspecified atom stereocenters. The predicted octanol–water partition coefficient (Wildman–Crippen LogP) is 1.02. The molecule has 1 aliphatic rings. The molecule has 1 heterocycles. The van der Waals surface area contributed by atoms with Crippen LogP contribution >= 0.6 is 0 Å². The van der Waals surface area contributed by atoms with Crippen LogP contribution in [0.2, 0.25) is 0 Å². The maximum atomic E-state index is 12.3. The van der Waals surface area contributed by atoms with Crippen LogP contribution in [0.4, 0.5) is 0 Å². The number of benzene rings is 1. The largest absolute Gasteiger partial charge is 0.379 e. The lowest BCUT2D eigenvalue weighted by atomic mass is 10.0. The fourth-order valence-corrected chi connectivity index (χ4v) is 4.46. The van der Waals surface area contributed by atoms with Crippen molar-refractivity contribution in [1.29, 1.82) is 0 Å². The number of sulfonamides is 1. The van der Waals surface area contributed by atoms with Crippen molar-refractivity contribution in [3.05, 3.63) is 35.4 Å². The lowest BCUT2D eigenvalue weighted by molar-refractivity contribution is -0.120. The molecule has 1 fully saturated rings. The summed E-state index contributed by atoms with van der Waals surface area (Å²) in [5.41, 5.74) is 2.40. The zero-order valence-electron chi connectivity index (χ0n) is 16.5. The van der Waals surface area contributed by atoms with Gasteiger partial charge in [0.25, 0.3) is 0 Å². The first-order valence-electron chi connectivity index (χ1n) is 9.41. The highest BCUT2D eigenvalue weighted by atomic mass is 32.2. The summed E-state index contributed by atoms with van der Waals surface area (Å²) in [6.07, 6.45) is 0.954. The minimum atomic E-state index is -3.41. The Kier molecular flexibility index (Phi) is 8.22. The van der Waals surface area contributed by atoms with Crippen LogP contribution in [0.15, 0.2) is 24.3 Å². The summed E-state index contributed by atoms with van der Waals surface area (Å²) in [7, 11) is 0.520. The van der Waals surface area contributed by atoms with Crippen LogP contribution in [-0.2, 0) is 26.0 Å². The Morgan fingerprint density at radius 2 is 1.85 bits per heavy atom. The topological polar surface area (TPSA) is 79.0 Å². The van der Waals surface area contributed by atoms with Crippen molar-refractivity contribution >= 4 is 15.9 Å². The molecule has 0 saturated carbocycles. The van der Waals surface area contributed by atoms with Crippen molar-refractivity contribution in [3.8, 4) is 0 Å². The van der Waals surface area contributed by atoms with E-state index in [1.165, 1.54) is 9.87 Å². The molecule has 7 nitrogen and oxygen atoms in total. The summed E-state index contributed by atoms with van der Waals surface area (Å²) in [4.78, 5) is 14.2. The van der Waals surface area contributed by atoms with Gasteiger partial charge >= 0.3 is 0 Å². The van der Waals surface area contributed by atoms with E-state index in [0.717, 1.165) is 12.0 Å². The van der Waals surface area contributed by atoms with Gasteiger partial charge in [0, 0.05) is 26.1 Å². The number of amides is 1. The summed E-state index contributed by atoms with van der Waals surface area (Å²) in [6, 6.07) is 8.40. The Morgan fingerprint density at radius 3 is 2.41 bits per heavy atom. The quantitative estimate of drug-likeness (QED) is 0.673. The van der Waals surface area contributed by atoms with E-state index in [2.05, 4.69) is 36.5 Å². The third-order valence-electron chi connectivity index (χ3n) is 4.84. The molecule has 0 bridgehead atoms. The number of carbonyl (C=O) groups excluding carboxylic acids is 1. The zero-order valence-corrected chi connectivity index (χ0v) is 17.3. The number of nitrogens with one attached hydrogen (secondary N) is 1. The fraction of sp³-hybridized carbons (Fsp3) is 0.632. The number of carbonyl (C=O) groups is 1. The normalized spacial score (nSPS) is 17.0. The van der Waals surface area contributed by atoms with Crippen LogP contribution in [-0.4, -0.2) is 76.2 Å². The van der Waals surface area contributed by atoms with Gasteiger partial charge in [0.2, 0.25) is 15.9 Å². The van der Waals surface area contributed by atoms with Gasteiger partial charge in [-0.2, -0.15) is 4.31 Å². The minimum absolute atomic E-state index is 0.0331. The fourth-order valence-electron chi connectivity index (χ4n) is 3.05. The molecule has 0 radical (unpaired) electrons. The molecule has 0 aromatic heterocycles. The molecule has 152 valence electrons. The summed E-state index contributed by atoms with van der Waals surface area (Å²) in [6.45, 7) is 4.10. The smallest absolute Gasteiger partial charge is 0.221 e. The summed E-state index contributed by atoms with van der Waals surface area (Å²) in [5, 5.41) is 2.88. The Balaban J connectivity index is 1.86. The number of ether oxygens (including phenoxy) is 1. The van der Waals surface area contributed by atoms with Gasteiger partial charge in [0.1, 0.15) is 0 Å². The first-order valence-corrected chi connectivity index (χ1v) is 11.0. The third-order valence-corrected chi connectivity index (χ3v) is 6.71. The Bertz CT molecular complexity index is 698. The summed E-state index contributed by atoms with van der Waals surface area (Å²) >= 11 is 0. The molecule has 1 aromatic carbocycles. The van der Waals surface area contributed by atoms with Gasteiger partial charge in [-0.15, -0.1) is 0 Å². The van der Waals surface area contributed by atoms with Gasteiger partial charge in [-0.25, -0.2) is 8.42 Å². The highest BCUT2D eigenvalue weighted by molar-refractivity contribution is 7.89. The molecule has 0 aliphatic carbocycles. The lowest BCUT2D eigenvalue weighted by Crippen LogP contribution is -2.42. The van der Waals surface area contributed by atoms with Crippen molar-refractivity contribution in [2.45, 2.75) is 25.8 Å². The van der Waals surface area contributed by atoms with E-state index in [1.54, 1.807) is 0 Å². The molecular formula is C19H31N3O4S. The highest BCUT2D eigenvalue weighted by Crippen LogP contribution is 2.18. The lowest BCUT2D eigenvalue weighted by Gasteiger charge is -2.26. The highest BCUT2D eigenvalue weighted by Gasteiger charge is 2.25. The molecule has 27 heavy (non-hydrogen) atoms. The van der Waals surface area contributed by atoms with Gasteiger partial charge < -0.3 is 15.0 Å². The molecule has 0 spiro atoms. The molecule has 8 heteroatoms. The minimum Gasteiger partial charge on any atom is -0.379 e. The molecule has 1 saturated heterocycles. The molecule has 1 aliphatic heterocycles. The second-order valence-electron chi connectivity index (χ2n) is 6.96. The van der Waals surface area contributed by atoms with E-state index in [-0.39, 0.29) is 24.1 Å². The maximum Gasteiger partial charge on any atom is 0.221 e. The van der Waals surface area contributed by atoms with E-state index in [4.69, 9.17) is 4.74 Å². The van der Waals surface area contributed by atoms with Crippen molar-refractivity contribution in [1.82, 2.24) is 14.5 Å². The van der Waals surface area contributed by atoms with Gasteiger partial charge in [-0.1, -0.05) is 31.2 Å². The zero-order chi connectivity index (χ0) is 19.9. The second kappa shape index (κ2) is 10.2. The Hall–Kier alpha value is -1.48. The molecule has 2 rings (SSSR count). The van der Waals surface area contributed by atoms with Crippen LogP contribution in [0, 0.1) is 0 Å². The summed E-state index contributed by atoms with van der Waals surface area (Å²) in [5.74, 6) is -0.416. The number of hydrogen-bond acceptors (Lipinski definition) is 5. The number of rotatable bonds is 9. The molecule has 1 N–H and O–H groups in total. The number of morpholine rings is 1. The van der Waals surface area contributed by atoms with Crippen LogP contribution in [0.1, 0.15) is 30.5 Å². The van der Waals surface area contributed by atoms with Crippen LogP contribution in [0.5, 0.6) is 0 Å². The van der Waals surface area contributed by atoms with Crippen LogP contribution in [0.3, 0.4) is 0 Å². The van der Waals surface area contributed by atoms with Gasteiger partial charge in [-0.3, -0.25) is 4.79 Å². The van der Waals surface area contributed by atoms with E-state index >= 15 is 0 Å². The average molecular weight is 398 g/mol. The molecule has 1 atom stereocenters. The third kappa shape index (κ3) is 6.57. The van der Waals surface area contributed by atoms with Crippen molar-refractivity contribution < 1.29 is 17.9 Å². The summed E-state index contributed by atoms with van der Waals surface area (Å²) < 4.78 is 31.2. The van der Waals surface area contributed by atoms with Gasteiger partial charge in [0.05, 0.1) is 25.0 Å². The maximum absolute atomic E-state index is 12.3. The monoisotopic (exact) mass is 397 g/mol. The van der Waals surface area contributed by atoms with Crippen molar-refractivity contribution in [2.24, 2.45) is 0 Å². The van der Waals surface area contributed by atoms with Crippen LogP contribution in [0.25, 0.3) is 0 Å². The Labute approximate surface area is 162 Å². The number of aryl methyl sites for hydroxylation is 1. The van der Waals surface area contributed by atoms with Crippen molar-refractivity contribution in [3.63, 3.8) is 0 Å². The Morgan fingerprint density at radius 1 is 1.22 bits per heavy atom. The van der Waals surface area contributed by atoms with Crippen LogP contribution < -0.4 is 5.32 Å². The van der Waals surface area contributed by atoms with E-state index in [9.17, 15) is 13.2 Å². The second-order valence-corrected chi connectivity index (χ2v) is 9.04. The molecule has 1 aromatic rings. The number of nitrogens with zero attached hydrogens (tertiary/aromatic N) is 2. The molecule has 1 amide bonds. The van der Waals surface area contributed by atoms with Gasteiger partial charge in [0.15, 0.2) is 0 Å². The SMILES string of the molecule is CCc1ccc(C(CNC(=O)CCS(=O)(=O)N2CCOCC2)N(C)C)cc1. The predicted molar refractivity (Wildman–Crippen MR) is 106 cm³/mol. The van der Waals surface area contributed by atoms with E-state index < -0.39 is 10.0 Å². The van der Waals surface area contributed by atoms with E-state index in [1.807, 2.05) is 19.0 Å². The van der Waals surface area contributed by atoms with E-state index in [0.29, 0.717) is 32.8 Å². The van der Waals surface area contributed by atoms with Gasteiger partial charge in [-0.05, 0) is 31.6 Å². The first kappa shape index (κ1) is 21.8. The number of likely N-dealkylation sites (N-methyl/N-ethyl adjacent to an activating group) is 1. The first-order chi connectivity index (χ1) is 12.8.